The molecule has 0 fully saturated rings. The number of rotatable bonds is 3. The van der Waals surface area contributed by atoms with E-state index in [4.69, 9.17) is 0 Å². The van der Waals surface area contributed by atoms with Gasteiger partial charge in [0.1, 0.15) is 5.75 Å². The van der Waals surface area contributed by atoms with Gasteiger partial charge in [-0.2, -0.15) is 5.10 Å². The quantitative estimate of drug-likeness (QED) is 0.775. The highest BCUT2D eigenvalue weighted by atomic mass is 16.3. The third kappa shape index (κ3) is 2.16. The molecule has 16 heavy (non-hydrogen) atoms. The average molecular weight is 217 g/mol. The molecular formula is C12H15N3O. The monoisotopic (exact) mass is 217 g/mol. The van der Waals surface area contributed by atoms with Crippen LogP contribution in [0.15, 0.2) is 36.5 Å². The third-order valence-electron chi connectivity index (χ3n) is 2.55. The van der Waals surface area contributed by atoms with Crippen molar-refractivity contribution in [2.45, 2.75) is 13.0 Å². The second-order valence-corrected chi connectivity index (χ2v) is 3.79. The fraction of sp³-hybridized carbons (Fsp3) is 0.250. The Kier molecular flexibility index (Phi) is 2.81. The number of phenols is 1. The summed E-state index contributed by atoms with van der Waals surface area (Å²) >= 11 is 0. The molecule has 84 valence electrons. The Labute approximate surface area is 94.5 Å². The molecule has 0 saturated carbocycles. The minimum atomic E-state index is 0.178. The van der Waals surface area contributed by atoms with Gasteiger partial charge in [0.25, 0.3) is 0 Å². The molecule has 0 radical (unpaired) electrons. The number of nitrogens with one attached hydrogen (secondary N) is 1. The van der Waals surface area contributed by atoms with E-state index in [-0.39, 0.29) is 11.8 Å². The molecule has 0 aliphatic heterocycles. The molecule has 1 unspecified atom stereocenters. The second kappa shape index (κ2) is 4.26. The van der Waals surface area contributed by atoms with Gasteiger partial charge in [0, 0.05) is 18.9 Å². The summed E-state index contributed by atoms with van der Waals surface area (Å²) in [5.41, 5.74) is 2.10. The van der Waals surface area contributed by atoms with Crippen molar-refractivity contribution in [1.82, 2.24) is 9.78 Å². The molecule has 0 amide bonds. The lowest BCUT2D eigenvalue weighted by molar-refractivity contribution is 0.475. The van der Waals surface area contributed by atoms with Gasteiger partial charge in [-0.15, -0.1) is 0 Å². The molecule has 0 spiro atoms. The van der Waals surface area contributed by atoms with Crippen molar-refractivity contribution < 1.29 is 5.11 Å². The Balaban J connectivity index is 2.10. The molecular weight excluding hydrogens is 202 g/mol. The molecule has 2 rings (SSSR count). The van der Waals surface area contributed by atoms with Crippen LogP contribution in [-0.2, 0) is 7.05 Å². The molecule has 1 heterocycles. The van der Waals surface area contributed by atoms with Crippen molar-refractivity contribution in [2.24, 2.45) is 7.05 Å². The van der Waals surface area contributed by atoms with Crippen LogP contribution in [0.1, 0.15) is 18.7 Å². The molecule has 4 heteroatoms. The number of aromatic hydroxyl groups is 1. The summed E-state index contributed by atoms with van der Waals surface area (Å²) in [6, 6.07) is 9.19. The molecule has 2 aromatic rings. The molecule has 0 aliphatic carbocycles. The summed E-state index contributed by atoms with van der Waals surface area (Å²) in [6.07, 6.45) is 1.78. The van der Waals surface area contributed by atoms with Gasteiger partial charge >= 0.3 is 0 Å². The van der Waals surface area contributed by atoms with Crippen LogP contribution < -0.4 is 5.32 Å². The molecule has 4 nitrogen and oxygen atoms in total. The maximum absolute atomic E-state index is 9.18. The van der Waals surface area contributed by atoms with Crippen LogP contribution in [0.5, 0.6) is 5.75 Å². The topological polar surface area (TPSA) is 50.1 Å². The number of hydrogen-bond donors (Lipinski definition) is 2. The Bertz CT molecular complexity index is 461. The lowest BCUT2D eigenvalue weighted by Gasteiger charge is -2.15. The van der Waals surface area contributed by atoms with Gasteiger partial charge in [-0.05, 0) is 37.3 Å². The standard InChI is InChI=1S/C12H15N3O/c1-9(12-7-8-13-15(12)2)14-10-3-5-11(16)6-4-10/h3-9,14,16H,1-2H3. The summed E-state index contributed by atoms with van der Waals surface area (Å²) < 4.78 is 1.85. The molecule has 1 aromatic heterocycles. The van der Waals surface area contributed by atoms with Gasteiger partial charge in [0.05, 0.1) is 11.7 Å². The lowest BCUT2D eigenvalue weighted by Crippen LogP contribution is -2.11. The number of phenolic OH excluding ortho intramolecular Hbond substituents is 1. The molecule has 2 N–H and O–H groups in total. The molecule has 1 aromatic carbocycles. The Morgan fingerprint density at radius 1 is 1.25 bits per heavy atom. The number of anilines is 1. The van der Waals surface area contributed by atoms with E-state index in [9.17, 15) is 5.11 Å². The van der Waals surface area contributed by atoms with E-state index >= 15 is 0 Å². The SMILES string of the molecule is CC(Nc1ccc(O)cc1)c1ccnn1C. The number of hydrogen-bond acceptors (Lipinski definition) is 3. The van der Waals surface area contributed by atoms with E-state index in [1.165, 1.54) is 0 Å². The van der Waals surface area contributed by atoms with Crippen LogP contribution in [0.2, 0.25) is 0 Å². The number of benzene rings is 1. The van der Waals surface area contributed by atoms with Crippen molar-refractivity contribution in [3.63, 3.8) is 0 Å². The smallest absolute Gasteiger partial charge is 0.115 e. The maximum Gasteiger partial charge on any atom is 0.115 e. The first-order valence-electron chi connectivity index (χ1n) is 5.20. The highest BCUT2D eigenvalue weighted by Crippen LogP contribution is 2.20. The Morgan fingerprint density at radius 3 is 2.50 bits per heavy atom. The normalized spacial score (nSPS) is 12.4. The van der Waals surface area contributed by atoms with E-state index < -0.39 is 0 Å². The molecule has 0 saturated heterocycles. The number of nitrogens with zero attached hydrogens (tertiary/aromatic N) is 2. The van der Waals surface area contributed by atoms with E-state index in [0.717, 1.165) is 11.4 Å². The van der Waals surface area contributed by atoms with Gasteiger partial charge in [-0.3, -0.25) is 4.68 Å². The van der Waals surface area contributed by atoms with Gasteiger partial charge in [0.15, 0.2) is 0 Å². The van der Waals surface area contributed by atoms with Crippen LogP contribution in [0.3, 0.4) is 0 Å². The highest BCUT2D eigenvalue weighted by molar-refractivity contribution is 5.47. The summed E-state index contributed by atoms with van der Waals surface area (Å²) in [4.78, 5) is 0. The van der Waals surface area contributed by atoms with Crippen molar-refractivity contribution in [3.05, 3.63) is 42.2 Å². The first kappa shape index (κ1) is 10.5. The fourth-order valence-electron chi connectivity index (χ4n) is 1.69. The summed E-state index contributed by atoms with van der Waals surface area (Å²) in [6.45, 7) is 2.07. The van der Waals surface area contributed by atoms with Gasteiger partial charge in [0.2, 0.25) is 0 Å². The predicted molar refractivity (Wildman–Crippen MR) is 63.4 cm³/mol. The van der Waals surface area contributed by atoms with Crippen LogP contribution in [0, 0.1) is 0 Å². The fourth-order valence-corrected chi connectivity index (χ4v) is 1.69. The van der Waals surface area contributed by atoms with E-state index in [0.29, 0.717) is 0 Å². The minimum Gasteiger partial charge on any atom is -0.508 e. The van der Waals surface area contributed by atoms with Crippen molar-refractivity contribution in [2.75, 3.05) is 5.32 Å². The van der Waals surface area contributed by atoms with E-state index in [1.54, 1.807) is 18.3 Å². The number of aryl methyl sites for hydroxylation is 1. The van der Waals surface area contributed by atoms with Crippen LogP contribution in [-0.4, -0.2) is 14.9 Å². The van der Waals surface area contributed by atoms with Crippen LogP contribution in [0.4, 0.5) is 5.69 Å². The van der Waals surface area contributed by atoms with Crippen LogP contribution in [0.25, 0.3) is 0 Å². The van der Waals surface area contributed by atoms with Crippen molar-refractivity contribution in [1.29, 1.82) is 0 Å². The Hall–Kier alpha value is -1.97. The van der Waals surface area contributed by atoms with Gasteiger partial charge in [-0.1, -0.05) is 0 Å². The van der Waals surface area contributed by atoms with E-state index in [2.05, 4.69) is 17.3 Å². The number of aromatic nitrogens is 2. The zero-order valence-corrected chi connectivity index (χ0v) is 9.38. The molecule has 0 aliphatic rings. The summed E-state index contributed by atoms with van der Waals surface area (Å²) in [5, 5.41) is 16.6. The summed E-state index contributed by atoms with van der Waals surface area (Å²) in [7, 11) is 1.92. The Morgan fingerprint density at radius 2 is 1.94 bits per heavy atom. The zero-order chi connectivity index (χ0) is 11.5. The maximum atomic E-state index is 9.18. The first-order valence-corrected chi connectivity index (χ1v) is 5.20. The van der Waals surface area contributed by atoms with Crippen LogP contribution >= 0.6 is 0 Å². The average Bonchev–Trinajstić information content (AvgIpc) is 2.68. The molecule has 1 atom stereocenters. The second-order valence-electron chi connectivity index (χ2n) is 3.79. The van der Waals surface area contributed by atoms with E-state index in [1.807, 2.05) is 29.9 Å². The first-order chi connectivity index (χ1) is 7.66. The minimum absolute atomic E-state index is 0.178. The van der Waals surface area contributed by atoms with Crippen molar-refractivity contribution >= 4 is 5.69 Å². The largest absolute Gasteiger partial charge is 0.508 e. The summed E-state index contributed by atoms with van der Waals surface area (Å²) in [5.74, 6) is 0.277. The van der Waals surface area contributed by atoms with Gasteiger partial charge < -0.3 is 10.4 Å². The lowest BCUT2D eigenvalue weighted by atomic mass is 10.2. The van der Waals surface area contributed by atoms with Crippen molar-refractivity contribution in [3.8, 4) is 5.75 Å². The third-order valence-corrected chi connectivity index (χ3v) is 2.55. The molecule has 0 bridgehead atoms. The highest BCUT2D eigenvalue weighted by Gasteiger charge is 2.08. The zero-order valence-electron chi connectivity index (χ0n) is 9.38. The van der Waals surface area contributed by atoms with Gasteiger partial charge in [-0.25, -0.2) is 0 Å². The predicted octanol–water partition coefficient (Wildman–Crippen LogP) is 2.30.